The molecule has 0 aliphatic rings. The summed E-state index contributed by atoms with van der Waals surface area (Å²) in [6.07, 6.45) is 1.36. The fourth-order valence-electron chi connectivity index (χ4n) is 2.14. The van der Waals surface area contributed by atoms with Crippen LogP contribution in [0.2, 0.25) is 0 Å². The molecule has 0 aromatic heterocycles. The third kappa shape index (κ3) is 5.76. The lowest BCUT2D eigenvalue weighted by atomic mass is 10.1. The lowest BCUT2D eigenvalue weighted by Gasteiger charge is -2.12. The molecule has 0 heterocycles. The molecule has 2 rings (SSSR count). The molecule has 2 N–H and O–H groups in total. The van der Waals surface area contributed by atoms with Crippen molar-refractivity contribution in [3.8, 4) is 11.5 Å². The van der Waals surface area contributed by atoms with Crippen molar-refractivity contribution in [1.82, 2.24) is 5.32 Å². The van der Waals surface area contributed by atoms with E-state index in [1.165, 1.54) is 20.1 Å². The van der Waals surface area contributed by atoms with E-state index in [-0.39, 0.29) is 5.70 Å². The summed E-state index contributed by atoms with van der Waals surface area (Å²) >= 11 is 2.24. The highest BCUT2D eigenvalue weighted by Gasteiger charge is 2.11. The molecule has 0 radical (unpaired) electrons. The normalized spacial score (nSPS) is 11.0. The number of halogens is 1. The summed E-state index contributed by atoms with van der Waals surface area (Å²) in [7, 11) is 1.51. The average Bonchev–Trinajstić information content (AvgIpc) is 2.60. The molecule has 0 aliphatic heterocycles. The molecule has 7 heteroatoms. The molecule has 0 spiro atoms. The highest BCUT2D eigenvalue weighted by Crippen LogP contribution is 2.29. The summed E-state index contributed by atoms with van der Waals surface area (Å²) < 4.78 is 12.3. The zero-order valence-corrected chi connectivity index (χ0v) is 16.4. The molecule has 0 aliphatic carbocycles. The van der Waals surface area contributed by atoms with Crippen LogP contribution in [0, 0.1) is 3.57 Å². The van der Waals surface area contributed by atoms with Gasteiger partial charge in [0.1, 0.15) is 12.3 Å². The monoisotopic (exact) mass is 467 g/mol. The number of aliphatic carboxylic acids is 1. The Bertz CT molecular complexity index is 830. The first kappa shape index (κ1) is 19.8. The van der Waals surface area contributed by atoms with Gasteiger partial charge in [0, 0.05) is 10.5 Å². The van der Waals surface area contributed by atoms with Gasteiger partial charge in [-0.25, -0.2) is 4.79 Å². The number of nitrogens with one attached hydrogen (secondary N) is 1. The molecule has 0 fully saturated rings. The Kier molecular flexibility index (Phi) is 7.02. The highest BCUT2D eigenvalue weighted by molar-refractivity contribution is 14.1. The quantitative estimate of drug-likeness (QED) is 0.482. The second kappa shape index (κ2) is 9.23. The van der Waals surface area contributed by atoms with Crippen molar-refractivity contribution in [2.75, 3.05) is 7.11 Å². The van der Waals surface area contributed by atoms with Crippen LogP contribution in [-0.4, -0.2) is 24.1 Å². The van der Waals surface area contributed by atoms with Crippen molar-refractivity contribution in [3.63, 3.8) is 0 Å². The number of hydrogen-bond donors (Lipinski definition) is 2. The van der Waals surface area contributed by atoms with Crippen LogP contribution in [0.25, 0.3) is 6.08 Å². The molecule has 0 atom stereocenters. The Morgan fingerprint density at radius 2 is 1.85 bits per heavy atom. The third-order valence-electron chi connectivity index (χ3n) is 3.35. The van der Waals surface area contributed by atoms with Crippen LogP contribution in [0.4, 0.5) is 0 Å². The van der Waals surface area contributed by atoms with Crippen LogP contribution >= 0.6 is 22.6 Å². The van der Waals surface area contributed by atoms with Gasteiger partial charge in [-0.3, -0.25) is 4.79 Å². The van der Waals surface area contributed by atoms with Gasteiger partial charge in [0.25, 0.3) is 0 Å². The van der Waals surface area contributed by atoms with Gasteiger partial charge in [0.2, 0.25) is 5.91 Å². The maximum atomic E-state index is 11.2. The van der Waals surface area contributed by atoms with Crippen LogP contribution < -0.4 is 14.8 Å². The first-order valence-electron chi connectivity index (χ1n) is 7.67. The molecule has 0 bridgehead atoms. The molecular formula is C19H18INO5. The Balaban J connectivity index is 2.19. The number of benzene rings is 2. The molecular weight excluding hydrogens is 449 g/mol. The van der Waals surface area contributed by atoms with Gasteiger partial charge in [0.15, 0.2) is 11.5 Å². The van der Waals surface area contributed by atoms with Crippen molar-refractivity contribution >= 4 is 40.5 Å². The number of hydrogen-bond acceptors (Lipinski definition) is 4. The second-order valence-electron chi connectivity index (χ2n) is 5.37. The summed E-state index contributed by atoms with van der Waals surface area (Å²) in [6, 6.07) is 13.0. The number of amides is 1. The first-order chi connectivity index (χ1) is 12.4. The van der Waals surface area contributed by atoms with Crippen LogP contribution in [0.5, 0.6) is 11.5 Å². The third-order valence-corrected chi connectivity index (χ3v) is 4.07. The highest BCUT2D eigenvalue weighted by atomic mass is 127. The molecule has 2 aromatic carbocycles. The van der Waals surface area contributed by atoms with E-state index < -0.39 is 11.9 Å². The standard InChI is InChI=1S/C19H18INO5/c1-12(22)21-16(19(23)24)9-14-5-8-17(18(10-14)25-2)26-11-13-3-6-15(20)7-4-13/h3-10H,11H2,1-2H3,(H,21,22)(H,23,24)/b16-9+. The van der Waals surface area contributed by atoms with Crippen molar-refractivity contribution in [3.05, 3.63) is 62.9 Å². The van der Waals surface area contributed by atoms with Crippen LogP contribution in [0.3, 0.4) is 0 Å². The number of carboxylic acid groups (broad SMARTS) is 1. The van der Waals surface area contributed by atoms with Gasteiger partial charge in [-0.15, -0.1) is 0 Å². The lowest BCUT2D eigenvalue weighted by molar-refractivity contribution is -0.134. The maximum Gasteiger partial charge on any atom is 0.352 e. The Morgan fingerprint density at radius 3 is 2.42 bits per heavy atom. The number of methoxy groups -OCH3 is 1. The lowest BCUT2D eigenvalue weighted by Crippen LogP contribution is -2.24. The fourth-order valence-corrected chi connectivity index (χ4v) is 2.50. The molecule has 0 saturated heterocycles. The Labute approximate surface area is 165 Å². The number of carbonyl (C=O) groups is 2. The van der Waals surface area contributed by atoms with Gasteiger partial charge in [0.05, 0.1) is 7.11 Å². The summed E-state index contributed by atoms with van der Waals surface area (Å²) in [5.41, 5.74) is 1.37. The average molecular weight is 467 g/mol. The van der Waals surface area contributed by atoms with Crippen molar-refractivity contribution in [2.24, 2.45) is 0 Å². The summed E-state index contributed by atoms with van der Waals surface area (Å²) in [5.74, 6) is -0.669. The number of ether oxygens (including phenoxy) is 2. The van der Waals surface area contributed by atoms with Crippen molar-refractivity contribution in [1.29, 1.82) is 0 Å². The molecule has 0 saturated carbocycles. The van der Waals surface area contributed by atoms with E-state index in [0.717, 1.165) is 9.13 Å². The number of rotatable bonds is 7. The topological polar surface area (TPSA) is 84.9 Å². The zero-order chi connectivity index (χ0) is 19.1. The minimum absolute atomic E-state index is 0.216. The van der Waals surface area contributed by atoms with Crippen molar-refractivity contribution in [2.45, 2.75) is 13.5 Å². The predicted octanol–water partition coefficient (Wildman–Crippen LogP) is 3.44. The molecule has 6 nitrogen and oxygen atoms in total. The first-order valence-corrected chi connectivity index (χ1v) is 8.75. The largest absolute Gasteiger partial charge is 0.493 e. The Morgan fingerprint density at radius 1 is 1.15 bits per heavy atom. The number of carboxylic acids is 1. The van der Waals surface area contributed by atoms with Crippen molar-refractivity contribution < 1.29 is 24.2 Å². The van der Waals surface area contributed by atoms with E-state index >= 15 is 0 Å². The van der Waals surface area contributed by atoms with E-state index in [1.807, 2.05) is 24.3 Å². The van der Waals surface area contributed by atoms with E-state index in [1.54, 1.807) is 18.2 Å². The van der Waals surface area contributed by atoms with Crippen LogP contribution in [-0.2, 0) is 16.2 Å². The SMILES string of the molecule is COc1cc(/C=C(/NC(C)=O)C(=O)O)ccc1OCc1ccc(I)cc1. The van der Waals surface area contributed by atoms with E-state index in [9.17, 15) is 9.59 Å². The van der Waals surface area contributed by atoms with Crippen LogP contribution in [0.1, 0.15) is 18.1 Å². The van der Waals surface area contributed by atoms with Gasteiger partial charge in [-0.2, -0.15) is 0 Å². The summed E-state index contributed by atoms with van der Waals surface area (Å²) in [6.45, 7) is 1.63. The molecule has 2 aromatic rings. The van der Waals surface area contributed by atoms with E-state index in [4.69, 9.17) is 14.6 Å². The van der Waals surface area contributed by atoms with Gasteiger partial charge < -0.3 is 19.9 Å². The minimum atomic E-state index is -1.22. The predicted molar refractivity (Wildman–Crippen MR) is 106 cm³/mol. The van der Waals surface area contributed by atoms with Gasteiger partial charge in [-0.1, -0.05) is 18.2 Å². The van der Waals surface area contributed by atoms with E-state index in [0.29, 0.717) is 23.7 Å². The maximum absolute atomic E-state index is 11.2. The molecule has 26 heavy (non-hydrogen) atoms. The summed E-state index contributed by atoms with van der Waals surface area (Å²) in [5, 5.41) is 11.4. The molecule has 1 amide bonds. The number of carbonyl (C=O) groups excluding carboxylic acids is 1. The van der Waals surface area contributed by atoms with Gasteiger partial charge in [-0.05, 0) is 64.1 Å². The van der Waals surface area contributed by atoms with E-state index in [2.05, 4.69) is 27.9 Å². The zero-order valence-electron chi connectivity index (χ0n) is 14.3. The molecule has 136 valence electrons. The molecule has 0 unspecified atom stereocenters. The van der Waals surface area contributed by atoms with Gasteiger partial charge >= 0.3 is 5.97 Å². The second-order valence-corrected chi connectivity index (χ2v) is 6.62. The minimum Gasteiger partial charge on any atom is -0.493 e. The van der Waals surface area contributed by atoms with Crippen LogP contribution in [0.15, 0.2) is 48.2 Å². The fraction of sp³-hybridized carbons (Fsp3) is 0.158. The Hall–Kier alpha value is -2.55. The smallest absolute Gasteiger partial charge is 0.352 e. The summed E-state index contributed by atoms with van der Waals surface area (Å²) in [4.78, 5) is 22.3.